The quantitative estimate of drug-likeness (QED) is 0.885. The van der Waals surface area contributed by atoms with Crippen LogP contribution in [0.3, 0.4) is 0 Å². The number of hydrogen-bond acceptors (Lipinski definition) is 3. The van der Waals surface area contributed by atoms with Crippen molar-refractivity contribution in [3.05, 3.63) is 29.8 Å². The van der Waals surface area contributed by atoms with Crippen LogP contribution in [0.15, 0.2) is 24.3 Å². The topological polar surface area (TPSA) is 50.4 Å². The highest BCUT2D eigenvalue weighted by atomic mass is 16.5. The molecule has 2 N–H and O–H groups in total. The molecule has 1 amide bonds. The predicted molar refractivity (Wildman–Crippen MR) is 80.0 cm³/mol. The van der Waals surface area contributed by atoms with Crippen molar-refractivity contribution < 1.29 is 9.53 Å². The van der Waals surface area contributed by atoms with Gasteiger partial charge in [0.25, 0.3) is 0 Å². The van der Waals surface area contributed by atoms with E-state index in [-0.39, 0.29) is 18.1 Å². The number of amides is 1. The molecule has 1 aliphatic rings. The summed E-state index contributed by atoms with van der Waals surface area (Å²) < 4.78 is 5.75. The van der Waals surface area contributed by atoms with E-state index in [1.807, 2.05) is 26.0 Å². The molecule has 0 saturated carbocycles. The molecule has 2 atom stereocenters. The van der Waals surface area contributed by atoms with Gasteiger partial charge in [-0.25, -0.2) is 0 Å². The monoisotopic (exact) mass is 276 g/mol. The molecular weight excluding hydrogens is 252 g/mol. The molecule has 1 aromatic rings. The highest BCUT2D eigenvalue weighted by molar-refractivity contribution is 5.81. The number of benzene rings is 1. The summed E-state index contributed by atoms with van der Waals surface area (Å²) in [5.74, 6) is 1.39. The van der Waals surface area contributed by atoms with Gasteiger partial charge in [-0.2, -0.15) is 0 Å². The standard InChI is InChI=1S/C16H24N2O2/c1-11(2)20-14-6-4-5-12(9-14)13-7-8-18-15(10-13)16(19)17-3/h4-6,9,11,13,15,18H,7-8,10H2,1-3H3,(H,17,19). The van der Waals surface area contributed by atoms with Gasteiger partial charge in [0.05, 0.1) is 12.1 Å². The Kier molecular flexibility index (Phi) is 5.01. The molecule has 110 valence electrons. The Morgan fingerprint density at radius 2 is 2.25 bits per heavy atom. The van der Waals surface area contributed by atoms with Gasteiger partial charge in [-0.15, -0.1) is 0 Å². The van der Waals surface area contributed by atoms with Crippen LogP contribution in [0, 0.1) is 0 Å². The number of nitrogens with one attached hydrogen (secondary N) is 2. The predicted octanol–water partition coefficient (Wildman–Crippen LogP) is 2.06. The fourth-order valence-electron chi connectivity index (χ4n) is 2.71. The molecule has 0 radical (unpaired) electrons. The normalized spacial score (nSPS) is 22.6. The molecule has 0 aliphatic carbocycles. The lowest BCUT2D eigenvalue weighted by Crippen LogP contribution is -2.47. The molecule has 4 heteroatoms. The van der Waals surface area contributed by atoms with Crippen LogP contribution in [0.4, 0.5) is 0 Å². The molecule has 1 aliphatic heterocycles. The first-order chi connectivity index (χ1) is 9.60. The van der Waals surface area contributed by atoms with Gasteiger partial charge in [0.1, 0.15) is 5.75 Å². The van der Waals surface area contributed by atoms with Crippen molar-refractivity contribution in [3.8, 4) is 5.75 Å². The molecule has 1 fully saturated rings. The van der Waals surface area contributed by atoms with Crippen molar-refractivity contribution in [2.24, 2.45) is 0 Å². The van der Waals surface area contributed by atoms with Crippen molar-refractivity contribution in [1.82, 2.24) is 10.6 Å². The van der Waals surface area contributed by atoms with Crippen LogP contribution in [-0.4, -0.2) is 31.6 Å². The number of rotatable bonds is 4. The number of carbonyl (C=O) groups is 1. The summed E-state index contributed by atoms with van der Waals surface area (Å²) in [5, 5.41) is 5.99. The lowest BCUT2D eigenvalue weighted by atomic mass is 9.86. The maximum Gasteiger partial charge on any atom is 0.236 e. The van der Waals surface area contributed by atoms with Gasteiger partial charge in [-0.3, -0.25) is 4.79 Å². The summed E-state index contributed by atoms with van der Waals surface area (Å²) in [6, 6.07) is 8.17. The second kappa shape index (κ2) is 6.75. The van der Waals surface area contributed by atoms with Crippen LogP contribution >= 0.6 is 0 Å². The van der Waals surface area contributed by atoms with E-state index in [1.54, 1.807) is 7.05 Å². The van der Waals surface area contributed by atoms with Crippen LogP contribution in [-0.2, 0) is 4.79 Å². The smallest absolute Gasteiger partial charge is 0.236 e. The number of ether oxygens (including phenoxy) is 1. The molecule has 20 heavy (non-hydrogen) atoms. The second-order valence-corrected chi connectivity index (χ2v) is 5.58. The van der Waals surface area contributed by atoms with E-state index in [0.29, 0.717) is 5.92 Å². The highest BCUT2D eigenvalue weighted by Crippen LogP contribution is 2.30. The fraction of sp³-hybridized carbons (Fsp3) is 0.562. The Morgan fingerprint density at radius 1 is 1.45 bits per heavy atom. The zero-order valence-corrected chi connectivity index (χ0v) is 12.5. The van der Waals surface area contributed by atoms with Crippen molar-refractivity contribution in [2.45, 2.75) is 44.8 Å². The van der Waals surface area contributed by atoms with E-state index in [4.69, 9.17) is 4.74 Å². The summed E-state index contributed by atoms with van der Waals surface area (Å²) in [6.07, 6.45) is 2.07. The van der Waals surface area contributed by atoms with E-state index in [0.717, 1.165) is 25.1 Å². The lowest BCUT2D eigenvalue weighted by molar-refractivity contribution is -0.123. The molecule has 0 spiro atoms. The third-order valence-electron chi connectivity index (χ3n) is 3.67. The lowest BCUT2D eigenvalue weighted by Gasteiger charge is -2.29. The first-order valence-corrected chi connectivity index (χ1v) is 7.31. The van der Waals surface area contributed by atoms with Gasteiger partial charge in [0, 0.05) is 7.05 Å². The van der Waals surface area contributed by atoms with Gasteiger partial charge < -0.3 is 15.4 Å². The van der Waals surface area contributed by atoms with Crippen LogP contribution in [0.5, 0.6) is 5.75 Å². The van der Waals surface area contributed by atoms with Gasteiger partial charge >= 0.3 is 0 Å². The van der Waals surface area contributed by atoms with Crippen LogP contribution in [0.25, 0.3) is 0 Å². The Morgan fingerprint density at radius 3 is 2.95 bits per heavy atom. The van der Waals surface area contributed by atoms with E-state index >= 15 is 0 Å². The Hall–Kier alpha value is -1.55. The van der Waals surface area contributed by atoms with E-state index < -0.39 is 0 Å². The summed E-state index contributed by atoms with van der Waals surface area (Å²) in [7, 11) is 1.69. The second-order valence-electron chi connectivity index (χ2n) is 5.58. The van der Waals surface area contributed by atoms with Crippen molar-refractivity contribution in [1.29, 1.82) is 0 Å². The molecule has 2 unspecified atom stereocenters. The fourth-order valence-corrected chi connectivity index (χ4v) is 2.71. The number of hydrogen-bond donors (Lipinski definition) is 2. The maximum atomic E-state index is 11.8. The maximum absolute atomic E-state index is 11.8. The van der Waals surface area contributed by atoms with Crippen molar-refractivity contribution in [3.63, 3.8) is 0 Å². The molecule has 0 bridgehead atoms. The summed E-state index contributed by atoms with van der Waals surface area (Å²) >= 11 is 0. The molecule has 0 aromatic heterocycles. The zero-order chi connectivity index (χ0) is 14.5. The average molecular weight is 276 g/mol. The van der Waals surface area contributed by atoms with E-state index in [9.17, 15) is 4.79 Å². The van der Waals surface area contributed by atoms with Crippen LogP contribution in [0.1, 0.15) is 38.2 Å². The SMILES string of the molecule is CNC(=O)C1CC(c2cccc(OC(C)C)c2)CCN1. The average Bonchev–Trinajstić information content (AvgIpc) is 2.46. The van der Waals surface area contributed by atoms with Gasteiger partial charge in [-0.05, 0) is 56.8 Å². The largest absolute Gasteiger partial charge is 0.491 e. The van der Waals surface area contributed by atoms with Crippen molar-refractivity contribution in [2.75, 3.05) is 13.6 Å². The third kappa shape index (κ3) is 3.73. The summed E-state index contributed by atoms with van der Waals surface area (Å²) in [4.78, 5) is 11.8. The molecule has 1 aromatic carbocycles. The van der Waals surface area contributed by atoms with Crippen LogP contribution in [0.2, 0.25) is 0 Å². The molecular formula is C16H24N2O2. The van der Waals surface area contributed by atoms with Gasteiger partial charge in [0.15, 0.2) is 0 Å². The molecule has 4 nitrogen and oxygen atoms in total. The van der Waals surface area contributed by atoms with Gasteiger partial charge in [-0.1, -0.05) is 12.1 Å². The molecule has 1 heterocycles. The van der Waals surface area contributed by atoms with Crippen molar-refractivity contribution >= 4 is 5.91 Å². The van der Waals surface area contributed by atoms with Gasteiger partial charge in [0.2, 0.25) is 5.91 Å². The zero-order valence-electron chi connectivity index (χ0n) is 12.5. The summed E-state index contributed by atoms with van der Waals surface area (Å²) in [5.41, 5.74) is 1.26. The third-order valence-corrected chi connectivity index (χ3v) is 3.67. The minimum absolute atomic E-state index is 0.0734. The first-order valence-electron chi connectivity index (χ1n) is 7.31. The minimum Gasteiger partial charge on any atom is -0.491 e. The Bertz CT molecular complexity index is 460. The molecule has 2 rings (SSSR count). The first kappa shape index (κ1) is 14.9. The summed E-state index contributed by atoms with van der Waals surface area (Å²) in [6.45, 7) is 4.93. The Balaban J connectivity index is 2.08. The van der Waals surface area contributed by atoms with Crippen LogP contribution < -0.4 is 15.4 Å². The van der Waals surface area contributed by atoms with E-state index in [1.165, 1.54) is 5.56 Å². The highest BCUT2D eigenvalue weighted by Gasteiger charge is 2.27. The number of carbonyl (C=O) groups excluding carboxylic acids is 1. The minimum atomic E-state index is -0.0894. The van der Waals surface area contributed by atoms with E-state index in [2.05, 4.69) is 22.8 Å². The number of piperidine rings is 1. The number of likely N-dealkylation sites (N-methyl/N-ethyl adjacent to an activating group) is 1. The molecule has 1 saturated heterocycles. The Labute approximate surface area is 120 Å².